The summed E-state index contributed by atoms with van der Waals surface area (Å²) < 4.78 is 5.07. The van der Waals surface area contributed by atoms with Crippen LogP contribution in [0.25, 0.3) is 0 Å². The van der Waals surface area contributed by atoms with Crippen molar-refractivity contribution in [1.82, 2.24) is 0 Å². The molecule has 1 aromatic carbocycles. The van der Waals surface area contributed by atoms with Crippen molar-refractivity contribution in [1.29, 1.82) is 0 Å². The molecule has 0 saturated carbocycles. The molecule has 68 valence electrons. The lowest BCUT2D eigenvalue weighted by atomic mass is 10.0. The third kappa shape index (κ3) is 1.11. The van der Waals surface area contributed by atoms with Crippen LogP contribution in [0.4, 0.5) is 0 Å². The highest BCUT2D eigenvalue weighted by Crippen LogP contribution is 2.40. The molecule has 2 rings (SSSR count). The van der Waals surface area contributed by atoms with Gasteiger partial charge in [0.05, 0.1) is 12.2 Å². The van der Waals surface area contributed by atoms with Crippen molar-refractivity contribution in [3.8, 4) is 17.2 Å². The van der Waals surface area contributed by atoms with Crippen LogP contribution in [0.3, 0.4) is 0 Å². The summed E-state index contributed by atoms with van der Waals surface area (Å²) in [4.78, 5) is 11.3. The molecule has 0 saturated heterocycles. The van der Waals surface area contributed by atoms with Crippen LogP contribution in [0.1, 0.15) is 16.8 Å². The molecule has 0 fully saturated rings. The Morgan fingerprint density at radius 1 is 1.31 bits per heavy atom. The van der Waals surface area contributed by atoms with E-state index in [1.807, 2.05) is 0 Å². The molecule has 1 heterocycles. The summed E-state index contributed by atoms with van der Waals surface area (Å²) in [6, 6.07) is 2.73. The van der Waals surface area contributed by atoms with E-state index in [0.29, 0.717) is 12.0 Å². The fourth-order valence-corrected chi connectivity index (χ4v) is 1.31. The van der Waals surface area contributed by atoms with Crippen LogP contribution in [0.15, 0.2) is 12.1 Å². The van der Waals surface area contributed by atoms with Gasteiger partial charge < -0.3 is 14.9 Å². The molecule has 0 unspecified atom stereocenters. The zero-order chi connectivity index (χ0) is 9.42. The molecule has 0 radical (unpaired) electrons. The fraction of sp³-hybridized carbons (Fsp3) is 0.222. The van der Waals surface area contributed by atoms with Crippen molar-refractivity contribution in [2.24, 2.45) is 0 Å². The summed E-state index contributed by atoms with van der Waals surface area (Å²) in [7, 11) is 0. The molecule has 0 spiro atoms. The molecule has 2 N–H and O–H groups in total. The topological polar surface area (TPSA) is 66.8 Å². The number of benzene rings is 1. The third-order valence-corrected chi connectivity index (χ3v) is 1.99. The van der Waals surface area contributed by atoms with Crippen LogP contribution < -0.4 is 4.74 Å². The van der Waals surface area contributed by atoms with Gasteiger partial charge in [0.1, 0.15) is 0 Å². The van der Waals surface area contributed by atoms with Crippen LogP contribution >= 0.6 is 0 Å². The quantitative estimate of drug-likeness (QED) is 0.586. The van der Waals surface area contributed by atoms with Gasteiger partial charge >= 0.3 is 0 Å². The largest absolute Gasteiger partial charge is 0.504 e. The van der Waals surface area contributed by atoms with Gasteiger partial charge in [-0.2, -0.15) is 0 Å². The van der Waals surface area contributed by atoms with Crippen LogP contribution in [0.5, 0.6) is 17.2 Å². The minimum atomic E-state index is -0.356. The fourth-order valence-electron chi connectivity index (χ4n) is 1.31. The average Bonchev–Trinajstić information content (AvgIpc) is 2.12. The van der Waals surface area contributed by atoms with Gasteiger partial charge in [-0.25, -0.2) is 0 Å². The van der Waals surface area contributed by atoms with E-state index >= 15 is 0 Å². The minimum absolute atomic E-state index is 0.0726. The molecule has 0 amide bonds. The monoisotopic (exact) mass is 180 g/mol. The highest BCUT2D eigenvalue weighted by Gasteiger charge is 2.22. The van der Waals surface area contributed by atoms with Gasteiger partial charge in [-0.3, -0.25) is 4.79 Å². The van der Waals surface area contributed by atoms with E-state index in [9.17, 15) is 9.90 Å². The molecule has 4 nitrogen and oxygen atoms in total. The number of ether oxygens (including phenoxy) is 1. The Kier molecular flexibility index (Phi) is 1.62. The second kappa shape index (κ2) is 2.65. The number of rotatable bonds is 0. The highest BCUT2D eigenvalue weighted by atomic mass is 16.5. The number of hydrogen-bond donors (Lipinski definition) is 2. The minimum Gasteiger partial charge on any atom is -0.504 e. The number of phenolic OH excluding ortho intramolecular Hbond substituents is 2. The smallest absolute Gasteiger partial charge is 0.201 e. The first-order valence-corrected chi connectivity index (χ1v) is 3.91. The van der Waals surface area contributed by atoms with Crippen LogP contribution in [0, 0.1) is 0 Å². The van der Waals surface area contributed by atoms with Crippen molar-refractivity contribution in [3.05, 3.63) is 17.7 Å². The summed E-state index contributed by atoms with van der Waals surface area (Å²) in [5.41, 5.74) is 0.335. The zero-order valence-corrected chi connectivity index (χ0v) is 6.78. The van der Waals surface area contributed by atoms with Crippen molar-refractivity contribution in [2.75, 3.05) is 6.61 Å². The van der Waals surface area contributed by atoms with E-state index in [1.165, 1.54) is 12.1 Å². The molecule has 1 aliphatic rings. The predicted molar refractivity (Wildman–Crippen MR) is 44.2 cm³/mol. The second-order valence-electron chi connectivity index (χ2n) is 2.83. The molecule has 4 heteroatoms. The van der Waals surface area contributed by atoms with Crippen molar-refractivity contribution >= 4 is 5.78 Å². The summed E-state index contributed by atoms with van der Waals surface area (Å²) in [5.74, 6) is -0.605. The Balaban J connectivity index is 2.63. The van der Waals surface area contributed by atoms with E-state index in [1.54, 1.807) is 0 Å². The van der Waals surface area contributed by atoms with Crippen LogP contribution in [-0.4, -0.2) is 22.6 Å². The van der Waals surface area contributed by atoms with Gasteiger partial charge in [-0.1, -0.05) is 0 Å². The molecule has 1 aromatic rings. The summed E-state index contributed by atoms with van der Waals surface area (Å²) in [6.45, 7) is 0.253. The number of carbonyl (C=O) groups is 1. The number of carbonyl (C=O) groups excluding carboxylic acids is 1. The Bertz CT molecular complexity index is 370. The Hall–Kier alpha value is -1.71. The van der Waals surface area contributed by atoms with Crippen LogP contribution in [-0.2, 0) is 0 Å². The lowest BCUT2D eigenvalue weighted by molar-refractivity contribution is 0.0930. The first kappa shape index (κ1) is 7.91. The van der Waals surface area contributed by atoms with E-state index in [4.69, 9.17) is 9.84 Å². The normalized spacial score (nSPS) is 14.9. The SMILES string of the molecule is O=C1CCOc2c1ccc(O)c2O. The zero-order valence-electron chi connectivity index (χ0n) is 6.78. The van der Waals surface area contributed by atoms with Gasteiger partial charge in [0.15, 0.2) is 17.3 Å². The number of aromatic hydroxyl groups is 2. The standard InChI is InChI=1S/C9H8O4/c10-6-3-4-13-9-5(6)1-2-7(11)8(9)12/h1-2,11-12H,3-4H2. The maximum Gasteiger partial charge on any atom is 0.201 e. The van der Waals surface area contributed by atoms with Crippen molar-refractivity contribution in [2.45, 2.75) is 6.42 Å². The molecule has 13 heavy (non-hydrogen) atoms. The second-order valence-corrected chi connectivity index (χ2v) is 2.83. The predicted octanol–water partition coefficient (Wildman–Crippen LogP) is 1.06. The van der Waals surface area contributed by atoms with E-state index < -0.39 is 0 Å². The maximum atomic E-state index is 11.3. The van der Waals surface area contributed by atoms with Gasteiger partial charge in [-0.15, -0.1) is 0 Å². The number of fused-ring (bicyclic) bond motifs is 1. The molecular formula is C9H8O4. The summed E-state index contributed by atoms with van der Waals surface area (Å²) in [6.07, 6.45) is 0.317. The molecule has 0 aromatic heterocycles. The first-order chi connectivity index (χ1) is 6.20. The van der Waals surface area contributed by atoms with Gasteiger partial charge in [0.2, 0.25) is 5.75 Å². The lowest BCUT2D eigenvalue weighted by Gasteiger charge is -2.17. The third-order valence-electron chi connectivity index (χ3n) is 1.99. The van der Waals surface area contributed by atoms with E-state index in [-0.39, 0.29) is 29.6 Å². The van der Waals surface area contributed by atoms with Gasteiger partial charge in [-0.05, 0) is 12.1 Å². The lowest BCUT2D eigenvalue weighted by Crippen LogP contribution is -2.15. The summed E-state index contributed by atoms with van der Waals surface area (Å²) >= 11 is 0. The molecule has 0 atom stereocenters. The number of ketones is 1. The van der Waals surface area contributed by atoms with Gasteiger partial charge in [0.25, 0.3) is 0 Å². The molecular weight excluding hydrogens is 172 g/mol. The Morgan fingerprint density at radius 3 is 2.85 bits per heavy atom. The number of hydrogen-bond acceptors (Lipinski definition) is 4. The maximum absolute atomic E-state index is 11.3. The Labute approximate surface area is 74.4 Å². The first-order valence-electron chi connectivity index (χ1n) is 3.91. The highest BCUT2D eigenvalue weighted by molar-refractivity contribution is 6.00. The van der Waals surface area contributed by atoms with Crippen molar-refractivity contribution < 1.29 is 19.7 Å². The average molecular weight is 180 g/mol. The van der Waals surface area contributed by atoms with Crippen LogP contribution in [0.2, 0.25) is 0 Å². The number of Topliss-reactive ketones (excluding diaryl/α,β-unsaturated/α-hetero) is 1. The molecule has 0 aliphatic carbocycles. The van der Waals surface area contributed by atoms with E-state index in [0.717, 1.165) is 0 Å². The van der Waals surface area contributed by atoms with Crippen molar-refractivity contribution in [3.63, 3.8) is 0 Å². The van der Waals surface area contributed by atoms with E-state index in [2.05, 4.69) is 0 Å². The van der Waals surface area contributed by atoms with Gasteiger partial charge in [0, 0.05) is 6.42 Å². The molecule has 0 bridgehead atoms. The molecule has 1 aliphatic heterocycles. The summed E-state index contributed by atoms with van der Waals surface area (Å²) in [5, 5.41) is 18.5. The Morgan fingerprint density at radius 2 is 2.08 bits per heavy atom. The number of phenols is 2.